The van der Waals surface area contributed by atoms with Crippen LogP contribution in [0.25, 0.3) is 0 Å². The minimum Gasteiger partial charge on any atom is -0.348 e. The number of carbonyl (C=O) groups is 1. The number of nitrogens with zero attached hydrogens (tertiary/aromatic N) is 6. The van der Waals surface area contributed by atoms with Crippen LogP contribution in [0.3, 0.4) is 0 Å². The molecule has 1 aromatic carbocycles. The van der Waals surface area contributed by atoms with Crippen molar-refractivity contribution < 1.29 is 4.79 Å². The van der Waals surface area contributed by atoms with E-state index in [9.17, 15) is 4.79 Å². The first kappa shape index (κ1) is 17.3. The van der Waals surface area contributed by atoms with Crippen LogP contribution in [-0.4, -0.2) is 42.4 Å². The second kappa shape index (κ2) is 7.67. The predicted molar refractivity (Wildman–Crippen MR) is 97.5 cm³/mol. The van der Waals surface area contributed by atoms with Gasteiger partial charge in [-0.3, -0.25) is 9.48 Å². The highest BCUT2D eigenvalue weighted by Gasteiger charge is 2.25. The number of benzene rings is 1. The van der Waals surface area contributed by atoms with Crippen LogP contribution in [0.2, 0.25) is 0 Å². The maximum atomic E-state index is 13.0. The summed E-state index contributed by atoms with van der Waals surface area (Å²) in [6.07, 6.45) is 1.05. The van der Waals surface area contributed by atoms with E-state index in [0.717, 1.165) is 43.0 Å². The molecule has 1 aliphatic heterocycles. The molecule has 2 aromatic heterocycles. The van der Waals surface area contributed by atoms with Crippen LogP contribution in [0.15, 0.2) is 36.4 Å². The number of tetrazole rings is 1. The molecule has 3 aromatic rings. The Morgan fingerprint density at radius 1 is 1.33 bits per heavy atom. The second-order valence-corrected chi connectivity index (χ2v) is 6.58. The molecule has 9 heteroatoms. The fourth-order valence-electron chi connectivity index (χ4n) is 3.30. The molecule has 0 spiro atoms. The van der Waals surface area contributed by atoms with Gasteiger partial charge in [0.25, 0.3) is 0 Å². The molecule has 0 fully saturated rings. The van der Waals surface area contributed by atoms with Crippen molar-refractivity contribution in [2.75, 3.05) is 6.54 Å². The molecule has 140 valence electrons. The Balaban J connectivity index is 1.52. The summed E-state index contributed by atoms with van der Waals surface area (Å²) in [5, 5.41) is 22.6. The predicted octanol–water partition coefficient (Wildman–Crippen LogP) is 0.577. The molecular weight excluding hydrogens is 344 g/mol. The average molecular weight is 366 g/mol. The summed E-state index contributed by atoms with van der Waals surface area (Å²) in [6, 6.07) is 10.9. The SMILES string of the molecule is Cc1nnnn1[C@@H](C(=O)NCc1cc2n(n1)CCCNC2)c1ccccc1. The normalized spacial score (nSPS) is 15.0. The Morgan fingerprint density at radius 3 is 2.96 bits per heavy atom. The lowest BCUT2D eigenvalue weighted by Gasteiger charge is -2.17. The molecular formula is C18H22N8O. The monoisotopic (exact) mass is 366 g/mol. The summed E-state index contributed by atoms with van der Waals surface area (Å²) < 4.78 is 3.55. The van der Waals surface area contributed by atoms with Gasteiger partial charge in [-0.1, -0.05) is 30.3 Å². The van der Waals surface area contributed by atoms with Crippen LogP contribution in [0.4, 0.5) is 0 Å². The van der Waals surface area contributed by atoms with Gasteiger partial charge in [0.2, 0.25) is 5.91 Å². The quantitative estimate of drug-likeness (QED) is 0.685. The van der Waals surface area contributed by atoms with Crippen molar-refractivity contribution in [1.29, 1.82) is 0 Å². The van der Waals surface area contributed by atoms with Gasteiger partial charge in [0.1, 0.15) is 5.82 Å². The Kier molecular flexibility index (Phi) is 4.93. The standard InChI is InChI=1S/C18H22N8O/c1-13-21-23-24-26(13)17(14-6-3-2-4-7-14)18(27)20-11-15-10-16-12-19-8-5-9-25(16)22-15/h2-4,6-7,10,17,19H,5,8-9,11-12H2,1H3,(H,20,27)/t17-/m1/s1. The Morgan fingerprint density at radius 2 is 2.19 bits per heavy atom. The zero-order valence-electron chi connectivity index (χ0n) is 15.2. The summed E-state index contributed by atoms with van der Waals surface area (Å²) >= 11 is 0. The summed E-state index contributed by atoms with van der Waals surface area (Å²) in [7, 11) is 0. The number of rotatable bonds is 5. The summed E-state index contributed by atoms with van der Waals surface area (Å²) in [5.41, 5.74) is 2.82. The van der Waals surface area contributed by atoms with Crippen LogP contribution in [0.5, 0.6) is 0 Å². The lowest BCUT2D eigenvalue weighted by molar-refractivity contribution is -0.123. The minimum absolute atomic E-state index is 0.169. The molecule has 1 atom stereocenters. The number of fused-ring (bicyclic) bond motifs is 1. The van der Waals surface area contributed by atoms with Crippen LogP contribution >= 0.6 is 0 Å². The zero-order valence-corrected chi connectivity index (χ0v) is 15.2. The molecule has 1 amide bonds. The third kappa shape index (κ3) is 3.72. The third-order valence-corrected chi connectivity index (χ3v) is 4.65. The molecule has 0 radical (unpaired) electrons. The Bertz CT molecular complexity index is 893. The highest BCUT2D eigenvalue weighted by atomic mass is 16.2. The largest absolute Gasteiger partial charge is 0.348 e. The molecule has 9 nitrogen and oxygen atoms in total. The molecule has 1 aliphatic rings. The Hall–Kier alpha value is -3.07. The van der Waals surface area contributed by atoms with E-state index in [4.69, 9.17) is 0 Å². The van der Waals surface area contributed by atoms with E-state index < -0.39 is 6.04 Å². The minimum atomic E-state index is -0.622. The maximum Gasteiger partial charge on any atom is 0.249 e. The van der Waals surface area contributed by atoms with E-state index in [0.29, 0.717) is 12.4 Å². The van der Waals surface area contributed by atoms with Crippen LogP contribution < -0.4 is 10.6 Å². The van der Waals surface area contributed by atoms with E-state index in [1.165, 1.54) is 4.68 Å². The van der Waals surface area contributed by atoms with Crippen molar-refractivity contribution >= 4 is 5.91 Å². The van der Waals surface area contributed by atoms with Gasteiger partial charge >= 0.3 is 0 Å². The lowest BCUT2D eigenvalue weighted by Crippen LogP contribution is -2.34. The van der Waals surface area contributed by atoms with Gasteiger partial charge in [-0.2, -0.15) is 5.10 Å². The molecule has 0 saturated heterocycles. The first-order valence-corrected chi connectivity index (χ1v) is 9.06. The average Bonchev–Trinajstić information content (AvgIpc) is 3.21. The van der Waals surface area contributed by atoms with Crippen LogP contribution in [0.1, 0.15) is 35.2 Å². The first-order valence-electron chi connectivity index (χ1n) is 9.06. The molecule has 3 heterocycles. The van der Waals surface area contributed by atoms with Gasteiger partial charge < -0.3 is 10.6 Å². The molecule has 0 bridgehead atoms. The summed E-state index contributed by atoms with van der Waals surface area (Å²) in [4.78, 5) is 13.0. The highest BCUT2D eigenvalue weighted by Crippen LogP contribution is 2.18. The Labute approximate surface area is 156 Å². The van der Waals surface area contributed by atoms with E-state index in [-0.39, 0.29) is 5.91 Å². The van der Waals surface area contributed by atoms with Gasteiger partial charge in [0.15, 0.2) is 6.04 Å². The van der Waals surface area contributed by atoms with Gasteiger partial charge in [-0.05, 0) is 41.9 Å². The van der Waals surface area contributed by atoms with E-state index >= 15 is 0 Å². The van der Waals surface area contributed by atoms with Gasteiger partial charge in [-0.25, -0.2) is 4.68 Å². The van der Waals surface area contributed by atoms with Crippen molar-refractivity contribution in [1.82, 2.24) is 40.6 Å². The molecule has 0 aliphatic carbocycles. The van der Waals surface area contributed by atoms with Gasteiger partial charge in [0.05, 0.1) is 17.9 Å². The van der Waals surface area contributed by atoms with E-state index in [1.54, 1.807) is 6.92 Å². The number of hydrogen-bond donors (Lipinski definition) is 2. The number of aryl methyl sites for hydroxylation is 2. The number of nitrogens with one attached hydrogen (secondary N) is 2. The van der Waals surface area contributed by atoms with Gasteiger partial charge in [-0.15, -0.1) is 5.10 Å². The molecule has 0 unspecified atom stereocenters. The molecule has 2 N–H and O–H groups in total. The molecule has 27 heavy (non-hydrogen) atoms. The smallest absolute Gasteiger partial charge is 0.249 e. The zero-order chi connectivity index (χ0) is 18.6. The van der Waals surface area contributed by atoms with E-state index in [2.05, 4.69) is 31.3 Å². The number of hydrogen-bond acceptors (Lipinski definition) is 6. The second-order valence-electron chi connectivity index (χ2n) is 6.58. The maximum absolute atomic E-state index is 13.0. The number of carbonyl (C=O) groups excluding carboxylic acids is 1. The number of amides is 1. The van der Waals surface area contributed by atoms with Crippen molar-refractivity contribution in [3.63, 3.8) is 0 Å². The van der Waals surface area contributed by atoms with Gasteiger partial charge in [0, 0.05) is 13.1 Å². The van der Waals surface area contributed by atoms with Crippen molar-refractivity contribution in [3.8, 4) is 0 Å². The first-order chi connectivity index (χ1) is 13.2. The van der Waals surface area contributed by atoms with Crippen molar-refractivity contribution in [2.24, 2.45) is 0 Å². The van der Waals surface area contributed by atoms with E-state index in [1.807, 2.05) is 41.1 Å². The lowest BCUT2D eigenvalue weighted by atomic mass is 10.1. The third-order valence-electron chi connectivity index (χ3n) is 4.65. The van der Waals surface area contributed by atoms with Crippen molar-refractivity contribution in [3.05, 3.63) is 59.2 Å². The van der Waals surface area contributed by atoms with Crippen molar-refractivity contribution in [2.45, 2.75) is 39.0 Å². The summed E-state index contributed by atoms with van der Waals surface area (Å²) in [5.74, 6) is 0.414. The summed E-state index contributed by atoms with van der Waals surface area (Å²) in [6.45, 7) is 4.84. The molecule has 0 saturated carbocycles. The topological polar surface area (TPSA) is 103 Å². The molecule has 4 rings (SSSR count). The van der Waals surface area contributed by atoms with Crippen LogP contribution in [-0.2, 0) is 24.4 Å². The number of aromatic nitrogens is 6. The fourth-order valence-corrected chi connectivity index (χ4v) is 3.30. The van der Waals surface area contributed by atoms with Crippen LogP contribution in [0, 0.1) is 6.92 Å². The fraction of sp³-hybridized carbons (Fsp3) is 0.389. The highest BCUT2D eigenvalue weighted by molar-refractivity contribution is 5.83.